The zero-order chi connectivity index (χ0) is 14.3. The first kappa shape index (κ1) is 14.5. The zero-order valence-corrected chi connectivity index (χ0v) is 11.2. The molecule has 0 aliphatic heterocycles. The highest BCUT2D eigenvalue weighted by Crippen LogP contribution is 2.49. The number of hydrogen-bond acceptors (Lipinski definition) is 2. The monoisotopic (exact) mass is 293 g/mol. The Bertz CT molecular complexity index is 478. The van der Waals surface area contributed by atoms with Crippen molar-refractivity contribution in [2.24, 2.45) is 5.73 Å². The second kappa shape index (κ2) is 4.87. The van der Waals surface area contributed by atoms with Gasteiger partial charge in [-0.2, -0.15) is 13.2 Å². The molecule has 0 saturated heterocycles. The van der Waals surface area contributed by atoms with Gasteiger partial charge in [-0.1, -0.05) is 18.0 Å². The van der Waals surface area contributed by atoms with E-state index in [9.17, 15) is 13.2 Å². The quantitative estimate of drug-likeness (QED) is 0.921. The molecule has 1 aliphatic rings. The summed E-state index contributed by atoms with van der Waals surface area (Å²) in [6.07, 6.45) is -2.23. The summed E-state index contributed by atoms with van der Waals surface area (Å²) in [5.74, 6) is 0.0317. The van der Waals surface area contributed by atoms with Gasteiger partial charge in [0, 0.05) is 12.0 Å². The summed E-state index contributed by atoms with van der Waals surface area (Å²) in [5.41, 5.74) is 4.59. The standard InChI is InChI=1S/C13H15ClF3NO/c1-19-11-6-9(13(15,16)17)8(5-10(11)14)12(7-18)3-2-4-12/h5-6H,2-4,7,18H2,1H3. The van der Waals surface area contributed by atoms with E-state index in [1.807, 2.05) is 0 Å². The molecule has 1 aromatic carbocycles. The van der Waals surface area contributed by atoms with Crippen LogP contribution >= 0.6 is 11.6 Å². The van der Waals surface area contributed by atoms with Gasteiger partial charge in [-0.05, 0) is 30.5 Å². The molecule has 1 aliphatic carbocycles. The third kappa shape index (κ3) is 2.41. The van der Waals surface area contributed by atoms with Crippen LogP contribution in [0.5, 0.6) is 5.75 Å². The van der Waals surface area contributed by atoms with Gasteiger partial charge >= 0.3 is 6.18 Å². The smallest absolute Gasteiger partial charge is 0.416 e. The Morgan fingerprint density at radius 2 is 2.00 bits per heavy atom. The van der Waals surface area contributed by atoms with E-state index in [4.69, 9.17) is 22.1 Å². The summed E-state index contributed by atoms with van der Waals surface area (Å²) in [6.45, 7) is 0.193. The number of hydrogen-bond donors (Lipinski definition) is 1. The molecule has 19 heavy (non-hydrogen) atoms. The minimum Gasteiger partial charge on any atom is -0.495 e. The molecule has 1 fully saturated rings. The lowest BCUT2D eigenvalue weighted by molar-refractivity contribution is -0.139. The molecule has 0 atom stereocenters. The Hall–Kier alpha value is -0.940. The van der Waals surface area contributed by atoms with Crippen molar-refractivity contribution in [3.05, 3.63) is 28.3 Å². The number of halogens is 4. The molecule has 6 heteroatoms. The van der Waals surface area contributed by atoms with Gasteiger partial charge in [0.05, 0.1) is 17.7 Å². The first-order chi connectivity index (χ1) is 8.84. The number of alkyl halides is 3. The van der Waals surface area contributed by atoms with Crippen molar-refractivity contribution in [2.75, 3.05) is 13.7 Å². The number of nitrogens with two attached hydrogens (primary N) is 1. The van der Waals surface area contributed by atoms with Gasteiger partial charge in [-0.25, -0.2) is 0 Å². The molecule has 0 unspecified atom stereocenters. The molecule has 2 nitrogen and oxygen atoms in total. The molecule has 0 spiro atoms. The third-order valence-electron chi connectivity index (χ3n) is 3.87. The highest BCUT2D eigenvalue weighted by molar-refractivity contribution is 6.32. The summed E-state index contributed by atoms with van der Waals surface area (Å²) in [6, 6.07) is 2.32. The van der Waals surface area contributed by atoms with Crippen LogP contribution in [-0.4, -0.2) is 13.7 Å². The summed E-state index contributed by atoms with van der Waals surface area (Å²) < 4.78 is 44.4. The van der Waals surface area contributed by atoms with Gasteiger partial charge < -0.3 is 10.5 Å². The second-order valence-electron chi connectivity index (χ2n) is 4.87. The highest BCUT2D eigenvalue weighted by Gasteiger charge is 2.45. The van der Waals surface area contributed by atoms with Crippen LogP contribution in [-0.2, 0) is 11.6 Å². The van der Waals surface area contributed by atoms with Crippen LogP contribution in [0.2, 0.25) is 5.02 Å². The molecule has 2 rings (SSSR count). The molecule has 0 amide bonds. The lowest BCUT2D eigenvalue weighted by Crippen LogP contribution is -2.43. The summed E-state index contributed by atoms with van der Waals surface area (Å²) >= 11 is 5.96. The van der Waals surface area contributed by atoms with Crippen molar-refractivity contribution in [3.63, 3.8) is 0 Å². The zero-order valence-electron chi connectivity index (χ0n) is 10.5. The van der Waals surface area contributed by atoms with Crippen LogP contribution in [0.1, 0.15) is 30.4 Å². The Labute approximate surface area is 114 Å². The topological polar surface area (TPSA) is 35.2 Å². The van der Waals surface area contributed by atoms with Crippen LogP contribution in [0, 0.1) is 0 Å². The number of rotatable bonds is 3. The van der Waals surface area contributed by atoms with Crippen LogP contribution < -0.4 is 10.5 Å². The predicted molar refractivity (Wildman–Crippen MR) is 67.6 cm³/mol. The molecule has 106 valence electrons. The van der Waals surface area contributed by atoms with Crippen molar-refractivity contribution in [2.45, 2.75) is 30.9 Å². The van der Waals surface area contributed by atoms with Crippen LogP contribution in [0.25, 0.3) is 0 Å². The maximum atomic E-state index is 13.2. The fourth-order valence-corrected chi connectivity index (χ4v) is 2.81. The molecule has 0 heterocycles. The van der Waals surface area contributed by atoms with Crippen molar-refractivity contribution < 1.29 is 17.9 Å². The molecule has 1 saturated carbocycles. The fourth-order valence-electron chi connectivity index (χ4n) is 2.57. The lowest BCUT2D eigenvalue weighted by atomic mass is 9.63. The van der Waals surface area contributed by atoms with E-state index < -0.39 is 17.2 Å². The molecule has 0 bridgehead atoms. The van der Waals surface area contributed by atoms with E-state index in [1.54, 1.807) is 0 Å². The summed E-state index contributed by atoms with van der Waals surface area (Å²) in [4.78, 5) is 0. The SMILES string of the molecule is COc1cc(C(F)(F)F)c(C2(CN)CCC2)cc1Cl. The second-order valence-corrected chi connectivity index (χ2v) is 5.28. The fraction of sp³-hybridized carbons (Fsp3) is 0.538. The van der Waals surface area contributed by atoms with Gasteiger partial charge in [0.2, 0.25) is 0 Å². The normalized spacial score (nSPS) is 18.0. The Morgan fingerprint density at radius 3 is 2.37 bits per heavy atom. The maximum Gasteiger partial charge on any atom is 0.416 e. The van der Waals surface area contributed by atoms with Gasteiger partial charge in [0.1, 0.15) is 5.75 Å². The van der Waals surface area contributed by atoms with Gasteiger partial charge in [-0.15, -0.1) is 0 Å². The van der Waals surface area contributed by atoms with Crippen molar-refractivity contribution in [1.29, 1.82) is 0 Å². The Morgan fingerprint density at radius 1 is 1.37 bits per heavy atom. The third-order valence-corrected chi connectivity index (χ3v) is 4.17. The predicted octanol–water partition coefficient (Wildman–Crippen LogP) is 3.75. The van der Waals surface area contributed by atoms with E-state index in [1.165, 1.54) is 13.2 Å². The average Bonchev–Trinajstić information content (AvgIpc) is 2.27. The number of benzene rings is 1. The minimum absolute atomic E-state index is 0.0317. The first-order valence-electron chi connectivity index (χ1n) is 5.99. The van der Waals surface area contributed by atoms with E-state index in [-0.39, 0.29) is 22.9 Å². The average molecular weight is 294 g/mol. The lowest BCUT2D eigenvalue weighted by Gasteiger charge is -2.43. The molecule has 0 aromatic heterocycles. The van der Waals surface area contributed by atoms with Crippen molar-refractivity contribution in [1.82, 2.24) is 0 Å². The summed E-state index contributed by atoms with van der Waals surface area (Å²) in [5, 5.41) is 0.185. The van der Waals surface area contributed by atoms with Gasteiger partial charge in [0.15, 0.2) is 0 Å². The van der Waals surface area contributed by atoms with Gasteiger partial charge in [-0.3, -0.25) is 0 Å². The largest absolute Gasteiger partial charge is 0.495 e. The van der Waals surface area contributed by atoms with E-state index >= 15 is 0 Å². The molecular formula is C13H15ClF3NO. The van der Waals surface area contributed by atoms with E-state index in [0.29, 0.717) is 12.8 Å². The number of ether oxygens (including phenoxy) is 1. The van der Waals surface area contributed by atoms with Crippen LogP contribution in [0.15, 0.2) is 12.1 Å². The minimum atomic E-state index is -4.44. The summed E-state index contributed by atoms with van der Waals surface area (Å²) in [7, 11) is 1.29. The van der Waals surface area contributed by atoms with Crippen molar-refractivity contribution >= 4 is 11.6 Å². The molecule has 2 N–H and O–H groups in total. The highest BCUT2D eigenvalue weighted by atomic mass is 35.5. The van der Waals surface area contributed by atoms with Crippen LogP contribution in [0.4, 0.5) is 13.2 Å². The van der Waals surface area contributed by atoms with E-state index in [2.05, 4.69) is 0 Å². The first-order valence-corrected chi connectivity index (χ1v) is 6.37. The maximum absolute atomic E-state index is 13.2. The number of methoxy groups -OCH3 is 1. The molecular weight excluding hydrogens is 279 g/mol. The molecule has 0 radical (unpaired) electrons. The Kier molecular flexibility index (Phi) is 3.71. The molecule has 1 aromatic rings. The Balaban J connectivity index is 2.62. The van der Waals surface area contributed by atoms with Crippen molar-refractivity contribution in [3.8, 4) is 5.75 Å². The van der Waals surface area contributed by atoms with Gasteiger partial charge in [0.25, 0.3) is 0 Å². The van der Waals surface area contributed by atoms with E-state index in [0.717, 1.165) is 12.5 Å². The van der Waals surface area contributed by atoms with Crippen LogP contribution in [0.3, 0.4) is 0 Å².